The zero-order chi connectivity index (χ0) is 15.4. The Kier molecular flexibility index (Phi) is 5.53. The molecule has 21 heavy (non-hydrogen) atoms. The predicted molar refractivity (Wildman–Crippen MR) is 81.7 cm³/mol. The van der Waals surface area contributed by atoms with Gasteiger partial charge in [-0.1, -0.05) is 25.4 Å². The lowest BCUT2D eigenvalue weighted by Crippen LogP contribution is -2.38. The summed E-state index contributed by atoms with van der Waals surface area (Å²) >= 11 is 6.11. The highest BCUT2D eigenvalue weighted by Gasteiger charge is 2.25. The second-order valence-electron chi connectivity index (χ2n) is 5.56. The van der Waals surface area contributed by atoms with Crippen LogP contribution in [0, 0.1) is 0 Å². The number of nitrogens with zero attached hydrogens (tertiary/aromatic N) is 3. The Labute approximate surface area is 130 Å². The Bertz CT molecular complexity index is 502. The minimum Gasteiger partial charge on any atom is -0.376 e. The Morgan fingerprint density at radius 3 is 2.90 bits per heavy atom. The predicted octanol–water partition coefficient (Wildman–Crippen LogP) is 2.89. The standard InChI is InChI=1S/C15H22ClN3O2/c1-4-19(9-11-6-5-7-21-11)15(20)13-12(16)8-17-14(18-13)10(2)3/h8,10-11H,4-7,9H2,1-3H3. The topological polar surface area (TPSA) is 55.3 Å². The van der Waals surface area contributed by atoms with Crippen LogP contribution in [0.15, 0.2) is 6.20 Å². The molecule has 5 nitrogen and oxygen atoms in total. The van der Waals surface area contributed by atoms with Gasteiger partial charge in [0.2, 0.25) is 0 Å². The molecule has 0 aliphatic carbocycles. The molecule has 0 bridgehead atoms. The number of hydrogen-bond acceptors (Lipinski definition) is 4. The van der Waals surface area contributed by atoms with Crippen molar-refractivity contribution in [1.82, 2.24) is 14.9 Å². The van der Waals surface area contributed by atoms with E-state index in [1.807, 2.05) is 20.8 Å². The Balaban J connectivity index is 2.17. The molecule has 2 rings (SSSR count). The van der Waals surface area contributed by atoms with Crippen LogP contribution in [0.4, 0.5) is 0 Å². The number of amides is 1. The van der Waals surface area contributed by atoms with Gasteiger partial charge in [-0.3, -0.25) is 4.79 Å². The Morgan fingerprint density at radius 1 is 1.57 bits per heavy atom. The van der Waals surface area contributed by atoms with Crippen LogP contribution < -0.4 is 0 Å². The van der Waals surface area contributed by atoms with Gasteiger partial charge in [0.1, 0.15) is 5.82 Å². The van der Waals surface area contributed by atoms with Crippen LogP contribution in [0.3, 0.4) is 0 Å². The first-order valence-corrected chi connectivity index (χ1v) is 7.84. The first-order chi connectivity index (χ1) is 10.0. The minimum absolute atomic E-state index is 0.124. The average Bonchev–Trinajstić information content (AvgIpc) is 2.97. The van der Waals surface area contributed by atoms with Crippen LogP contribution in [-0.4, -0.2) is 46.6 Å². The molecule has 1 aliphatic heterocycles. The van der Waals surface area contributed by atoms with Gasteiger partial charge < -0.3 is 9.64 Å². The molecular weight excluding hydrogens is 290 g/mol. The number of aromatic nitrogens is 2. The molecule has 0 N–H and O–H groups in total. The molecular formula is C15H22ClN3O2. The second-order valence-corrected chi connectivity index (χ2v) is 5.97. The number of carbonyl (C=O) groups excluding carboxylic acids is 1. The zero-order valence-electron chi connectivity index (χ0n) is 12.8. The van der Waals surface area contributed by atoms with E-state index in [4.69, 9.17) is 16.3 Å². The Hall–Kier alpha value is -1.20. The monoisotopic (exact) mass is 311 g/mol. The number of likely N-dealkylation sites (N-methyl/N-ethyl adjacent to an activating group) is 1. The van der Waals surface area contributed by atoms with Gasteiger partial charge in [-0.05, 0) is 19.8 Å². The SMILES string of the molecule is CCN(CC1CCCO1)C(=O)c1nc(C(C)C)ncc1Cl. The fourth-order valence-corrected chi connectivity index (χ4v) is 2.52. The van der Waals surface area contributed by atoms with Gasteiger partial charge in [0.05, 0.1) is 17.3 Å². The van der Waals surface area contributed by atoms with Crippen molar-refractivity contribution in [2.24, 2.45) is 0 Å². The van der Waals surface area contributed by atoms with Crippen molar-refractivity contribution in [3.8, 4) is 0 Å². The fourth-order valence-electron chi connectivity index (χ4n) is 2.35. The first kappa shape index (κ1) is 16.2. The van der Waals surface area contributed by atoms with Crippen LogP contribution in [0.2, 0.25) is 5.02 Å². The van der Waals surface area contributed by atoms with E-state index in [1.165, 1.54) is 6.20 Å². The fraction of sp³-hybridized carbons (Fsp3) is 0.667. The van der Waals surface area contributed by atoms with Crippen molar-refractivity contribution in [3.05, 3.63) is 22.7 Å². The molecule has 6 heteroatoms. The highest BCUT2D eigenvalue weighted by molar-refractivity contribution is 6.33. The molecule has 1 aliphatic rings. The van der Waals surface area contributed by atoms with E-state index < -0.39 is 0 Å². The summed E-state index contributed by atoms with van der Waals surface area (Å²) in [5.41, 5.74) is 0.287. The van der Waals surface area contributed by atoms with E-state index in [0.717, 1.165) is 19.4 Å². The maximum atomic E-state index is 12.7. The molecule has 1 saturated heterocycles. The smallest absolute Gasteiger partial charge is 0.274 e. The van der Waals surface area contributed by atoms with Crippen LogP contribution in [0.25, 0.3) is 0 Å². The third-order valence-corrected chi connectivity index (χ3v) is 3.88. The van der Waals surface area contributed by atoms with Crippen LogP contribution in [0.5, 0.6) is 0 Å². The lowest BCUT2D eigenvalue weighted by molar-refractivity contribution is 0.0534. The lowest BCUT2D eigenvalue weighted by atomic mass is 10.2. The van der Waals surface area contributed by atoms with Crippen molar-refractivity contribution >= 4 is 17.5 Å². The van der Waals surface area contributed by atoms with Crippen molar-refractivity contribution in [2.45, 2.75) is 45.6 Å². The summed E-state index contributed by atoms with van der Waals surface area (Å²) in [5.74, 6) is 0.639. The zero-order valence-corrected chi connectivity index (χ0v) is 13.6. The van der Waals surface area contributed by atoms with Gasteiger partial charge in [-0.25, -0.2) is 9.97 Å². The molecule has 2 heterocycles. The van der Waals surface area contributed by atoms with E-state index >= 15 is 0 Å². The molecule has 0 radical (unpaired) electrons. The van der Waals surface area contributed by atoms with Crippen molar-refractivity contribution in [3.63, 3.8) is 0 Å². The molecule has 1 aromatic rings. The summed E-state index contributed by atoms with van der Waals surface area (Å²) < 4.78 is 5.60. The van der Waals surface area contributed by atoms with Gasteiger partial charge in [0.15, 0.2) is 5.69 Å². The van der Waals surface area contributed by atoms with Gasteiger partial charge in [0.25, 0.3) is 5.91 Å². The van der Waals surface area contributed by atoms with Gasteiger partial charge in [-0.15, -0.1) is 0 Å². The van der Waals surface area contributed by atoms with Crippen molar-refractivity contribution in [1.29, 1.82) is 0 Å². The number of carbonyl (C=O) groups is 1. The number of ether oxygens (including phenoxy) is 1. The molecule has 1 aromatic heterocycles. The highest BCUT2D eigenvalue weighted by atomic mass is 35.5. The number of halogens is 1. The molecule has 0 saturated carbocycles. The minimum atomic E-state index is -0.151. The average molecular weight is 312 g/mol. The molecule has 0 spiro atoms. The summed E-state index contributed by atoms with van der Waals surface area (Å²) in [7, 11) is 0. The number of rotatable bonds is 5. The maximum Gasteiger partial charge on any atom is 0.274 e. The normalized spacial score (nSPS) is 18.2. The summed E-state index contributed by atoms with van der Waals surface area (Å²) in [6.07, 6.45) is 3.69. The molecule has 116 valence electrons. The summed E-state index contributed by atoms with van der Waals surface area (Å²) in [4.78, 5) is 22.9. The quantitative estimate of drug-likeness (QED) is 0.839. The maximum absolute atomic E-state index is 12.7. The highest BCUT2D eigenvalue weighted by Crippen LogP contribution is 2.20. The van der Waals surface area contributed by atoms with Gasteiger partial charge >= 0.3 is 0 Å². The summed E-state index contributed by atoms with van der Waals surface area (Å²) in [6, 6.07) is 0. The second kappa shape index (κ2) is 7.18. The lowest BCUT2D eigenvalue weighted by Gasteiger charge is -2.24. The first-order valence-electron chi connectivity index (χ1n) is 7.46. The van der Waals surface area contributed by atoms with E-state index in [0.29, 0.717) is 23.9 Å². The summed E-state index contributed by atoms with van der Waals surface area (Å²) in [6.45, 7) is 7.90. The van der Waals surface area contributed by atoms with Crippen molar-refractivity contribution in [2.75, 3.05) is 19.7 Å². The largest absolute Gasteiger partial charge is 0.376 e. The van der Waals surface area contributed by atoms with Gasteiger partial charge in [0, 0.05) is 25.6 Å². The van der Waals surface area contributed by atoms with E-state index in [-0.39, 0.29) is 23.6 Å². The third-order valence-electron chi connectivity index (χ3n) is 3.60. The van der Waals surface area contributed by atoms with Crippen molar-refractivity contribution < 1.29 is 9.53 Å². The number of hydrogen-bond donors (Lipinski definition) is 0. The Morgan fingerprint density at radius 2 is 2.33 bits per heavy atom. The van der Waals surface area contributed by atoms with E-state index in [1.54, 1.807) is 4.90 Å². The van der Waals surface area contributed by atoms with Gasteiger partial charge in [-0.2, -0.15) is 0 Å². The van der Waals surface area contributed by atoms with E-state index in [9.17, 15) is 4.79 Å². The third kappa shape index (κ3) is 3.92. The molecule has 1 unspecified atom stereocenters. The van der Waals surface area contributed by atoms with E-state index in [2.05, 4.69) is 9.97 Å². The van der Waals surface area contributed by atoms with Crippen LogP contribution >= 0.6 is 11.6 Å². The van der Waals surface area contributed by atoms with Crippen LogP contribution in [-0.2, 0) is 4.74 Å². The molecule has 0 aromatic carbocycles. The summed E-state index contributed by atoms with van der Waals surface area (Å²) in [5, 5.41) is 0.301. The van der Waals surface area contributed by atoms with Crippen LogP contribution in [0.1, 0.15) is 55.8 Å². The molecule has 1 atom stereocenters. The molecule has 1 fully saturated rings. The molecule has 1 amide bonds.